The Bertz CT molecular complexity index is 311. The average molecular weight is 318 g/mol. The lowest BCUT2D eigenvalue weighted by atomic mass is 10.1. The van der Waals surface area contributed by atoms with Crippen LogP contribution < -0.4 is 8.85 Å². The highest BCUT2D eigenvalue weighted by Crippen LogP contribution is 2.03. The van der Waals surface area contributed by atoms with Crippen LogP contribution in [0.4, 0.5) is 0 Å². The summed E-state index contributed by atoms with van der Waals surface area (Å²) in [4.78, 5) is 11.4. The Morgan fingerprint density at radius 2 is 1.93 bits per heavy atom. The Labute approximate surface area is 104 Å². The van der Waals surface area contributed by atoms with Crippen LogP contribution in [-0.2, 0) is 11.2 Å². The zero-order valence-electron chi connectivity index (χ0n) is 8.72. The second-order valence-corrected chi connectivity index (χ2v) is 4.16. The van der Waals surface area contributed by atoms with E-state index in [9.17, 15) is 4.79 Å². The normalized spacial score (nSPS) is 10.0. The van der Waals surface area contributed by atoms with Crippen LogP contribution in [0.5, 0.6) is 0 Å². The molecule has 0 unspecified atom stereocenters. The standard InChI is InChI=1S/C11H15IN2O/c1-9-2-4-10(5-3-9)8-11(15)13-6-7-14-12/h2-5,14H,6-8H2,1H3,(H,13,15). The van der Waals surface area contributed by atoms with Gasteiger partial charge < -0.3 is 5.32 Å². The summed E-state index contributed by atoms with van der Waals surface area (Å²) in [5.74, 6) is 0.0745. The van der Waals surface area contributed by atoms with Gasteiger partial charge in [0.1, 0.15) is 0 Å². The first-order valence-corrected chi connectivity index (χ1v) is 5.96. The molecule has 0 saturated carbocycles. The second-order valence-electron chi connectivity index (χ2n) is 3.40. The molecule has 0 aliphatic heterocycles. The topological polar surface area (TPSA) is 41.1 Å². The van der Waals surface area contributed by atoms with Crippen LogP contribution >= 0.6 is 22.9 Å². The summed E-state index contributed by atoms with van der Waals surface area (Å²) in [7, 11) is 0. The summed E-state index contributed by atoms with van der Waals surface area (Å²) in [6.07, 6.45) is 0.460. The molecule has 0 saturated heterocycles. The number of nitrogens with one attached hydrogen (secondary N) is 2. The monoisotopic (exact) mass is 318 g/mol. The summed E-state index contributed by atoms with van der Waals surface area (Å²) >= 11 is 2.06. The van der Waals surface area contributed by atoms with Crippen molar-refractivity contribution in [1.29, 1.82) is 0 Å². The lowest BCUT2D eigenvalue weighted by molar-refractivity contribution is -0.120. The molecule has 15 heavy (non-hydrogen) atoms. The highest BCUT2D eigenvalue weighted by Gasteiger charge is 2.01. The third kappa shape index (κ3) is 5.13. The number of benzene rings is 1. The van der Waals surface area contributed by atoms with Crippen LogP contribution in [0.3, 0.4) is 0 Å². The van der Waals surface area contributed by atoms with Crippen molar-refractivity contribution in [3.63, 3.8) is 0 Å². The van der Waals surface area contributed by atoms with Crippen molar-refractivity contribution < 1.29 is 4.79 Å². The summed E-state index contributed by atoms with van der Waals surface area (Å²) in [6.45, 7) is 3.50. The molecule has 0 fully saturated rings. The Hall–Kier alpha value is -0.620. The minimum atomic E-state index is 0.0745. The summed E-state index contributed by atoms with van der Waals surface area (Å²) < 4.78 is 2.95. The summed E-state index contributed by atoms with van der Waals surface area (Å²) in [5, 5.41) is 2.84. The zero-order chi connectivity index (χ0) is 11.1. The van der Waals surface area contributed by atoms with Crippen LogP contribution in [-0.4, -0.2) is 19.0 Å². The first kappa shape index (κ1) is 12.4. The number of carbonyl (C=O) groups is 1. The predicted octanol–water partition coefficient (Wildman–Crippen LogP) is 1.59. The first-order chi connectivity index (χ1) is 7.22. The highest BCUT2D eigenvalue weighted by molar-refractivity contribution is 14.1. The van der Waals surface area contributed by atoms with Gasteiger partial charge in [0.25, 0.3) is 0 Å². The molecule has 1 amide bonds. The molecule has 0 heterocycles. The molecule has 0 atom stereocenters. The van der Waals surface area contributed by atoms with Gasteiger partial charge in [0.2, 0.25) is 5.91 Å². The van der Waals surface area contributed by atoms with Gasteiger partial charge >= 0.3 is 0 Å². The van der Waals surface area contributed by atoms with Crippen molar-refractivity contribution in [2.24, 2.45) is 0 Å². The van der Waals surface area contributed by atoms with Gasteiger partial charge in [0.15, 0.2) is 0 Å². The molecule has 0 aromatic heterocycles. The minimum Gasteiger partial charge on any atom is -0.355 e. The van der Waals surface area contributed by atoms with Crippen molar-refractivity contribution in [3.8, 4) is 0 Å². The van der Waals surface area contributed by atoms with Crippen LogP contribution in [0.2, 0.25) is 0 Å². The number of rotatable bonds is 5. The van der Waals surface area contributed by atoms with Gasteiger partial charge in [-0.25, -0.2) is 0 Å². The molecule has 1 aromatic carbocycles. The molecule has 1 rings (SSSR count). The van der Waals surface area contributed by atoms with Crippen LogP contribution in [0, 0.1) is 6.92 Å². The lowest BCUT2D eigenvalue weighted by Crippen LogP contribution is -2.30. The fourth-order valence-electron chi connectivity index (χ4n) is 1.20. The van der Waals surface area contributed by atoms with E-state index in [1.54, 1.807) is 0 Å². The third-order valence-electron chi connectivity index (χ3n) is 2.03. The van der Waals surface area contributed by atoms with Gasteiger partial charge in [-0.15, -0.1) is 0 Å². The smallest absolute Gasteiger partial charge is 0.224 e. The zero-order valence-corrected chi connectivity index (χ0v) is 10.9. The molecule has 0 aliphatic carbocycles. The minimum absolute atomic E-state index is 0.0745. The molecule has 3 nitrogen and oxygen atoms in total. The number of aryl methyl sites for hydroxylation is 1. The van der Waals surface area contributed by atoms with Crippen molar-refractivity contribution in [2.75, 3.05) is 13.1 Å². The maximum atomic E-state index is 11.4. The molecule has 2 N–H and O–H groups in total. The number of hydrogen-bond acceptors (Lipinski definition) is 2. The fraction of sp³-hybridized carbons (Fsp3) is 0.364. The van der Waals surface area contributed by atoms with Crippen molar-refractivity contribution in [2.45, 2.75) is 13.3 Å². The van der Waals surface area contributed by atoms with E-state index in [4.69, 9.17) is 0 Å². The Morgan fingerprint density at radius 3 is 2.53 bits per heavy atom. The molecule has 0 radical (unpaired) electrons. The molecule has 82 valence electrons. The second kappa shape index (κ2) is 6.79. The van der Waals surface area contributed by atoms with E-state index in [1.807, 2.05) is 31.2 Å². The van der Waals surface area contributed by atoms with Gasteiger partial charge in [-0.1, -0.05) is 29.8 Å². The maximum Gasteiger partial charge on any atom is 0.224 e. The van der Waals surface area contributed by atoms with E-state index in [0.717, 1.165) is 12.1 Å². The molecule has 4 heteroatoms. The number of amides is 1. The maximum absolute atomic E-state index is 11.4. The van der Waals surface area contributed by atoms with E-state index in [1.165, 1.54) is 5.56 Å². The van der Waals surface area contributed by atoms with E-state index >= 15 is 0 Å². The van der Waals surface area contributed by atoms with Crippen LogP contribution in [0.1, 0.15) is 11.1 Å². The summed E-state index contributed by atoms with van der Waals surface area (Å²) in [6, 6.07) is 8.03. The van der Waals surface area contributed by atoms with E-state index in [0.29, 0.717) is 13.0 Å². The number of hydrogen-bond donors (Lipinski definition) is 2. The Balaban J connectivity index is 2.34. The van der Waals surface area contributed by atoms with E-state index in [2.05, 4.69) is 31.7 Å². The Kier molecular flexibility index (Phi) is 5.63. The molecule has 0 bridgehead atoms. The molecule has 1 aromatic rings. The SMILES string of the molecule is Cc1ccc(CC(=O)NCCNI)cc1. The van der Waals surface area contributed by atoms with Crippen molar-refractivity contribution in [3.05, 3.63) is 35.4 Å². The van der Waals surface area contributed by atoms with E-state index < -0.39 is 0 Å². The van der Waals surface area contributed by atoms with Crippen LogP contribution in [0.25, 0.3) is 0 Å². The molecule has 0 aliphatic rings. The highest BCUT2D eigenvalue weighted by atomic mass is 127. The largest absolute Gasteiger partial charge is 0.355 e. The van der Waals surface area contributed by atoms with Gasteiger partial charge in [-0.3, -0.25) is 8.32 Å². The molecule has 0 spiro atoms. The fourth-order valence-corrected chi connectivity index (χ4v) is 1.47. The van der Waals surface area contributed by atoms with Crippen LogP contribution in [0.15, 0.2) is 24.3 Å². The average Bonchev–Trinajstić information content (AvgIpc) is 2.22. The lowest BCUT2D eigenvalue weighted by Gasteiger charge is -2.04. The van der Waals surface area contributed by atoms with Gasteiger partial charge in [0, 0.05) is 36.0 Å². The molecular weight excluding hydrogens is 303 g/mol. The van der Waals surface area contributed by atoms with Gasteiger partial charge in [-0.05, 0) is 12.5 Å². The van der Waals surface area contributed by atoms with E-state index in [-0.39, 0.29) is 5.91 Å². The van der Waals surface area contributed by atoms with Gasteiger partial charge in [-0.2, -0.15) is 0 Å². The summed E-state index contributed by atoms with van der Waals surface area (Å²) in [5.41, 5.74) is 2.27. The first-order valence-electron chi connectivity index (χ1n) is 4.88. The van der Waals surface area contributed by atoms with Crippen molar-refractivity contribution in [1.82, 2.24) is 8.85 Å². The predicted molar refractivity (Wildman–Crippen MR) is 69.9 cm³/mol. The molecular formula is C11H15IN2O. The quantitative estimate of drug-likeness (QED) is 0.492. The number of carbonyl (C=O) groups excluding carboxylic acids is 1. The Morgan fingerprint density at radius 1 is 1.27 bits per heavy atom. The third-order valence-corrected chi connectivity index (χ3v) is 2.57. The van der Waals surface area contributed by atoms with Crippen molar-refractivity contribution >= 4 is 28.8 Å². The van der Waals surface area contributed by atoms with Gasteiger partial charge in [0.05, 0.1) is 6.42 Å². The number of halogens is 1.